The number of nitrogens with zero attached hydrogens (tertiary/aromatic N) is 3. The highest BCUT2D eigenvalue weighted by molar-refractivity contribution is 5.76. The van der Waals surface area contributed by atoms with Crippen molar-refractivity contribution in [1.82, 2.24) is 20.1 Å². The number of pyridine rings is 1. The predicted octanol–water partition coefficient (Wildman–Crippen LogP) is 1.46. The van der Waals surface area contributed by atoms with E-state index in [1.54, 1.807) is 13.1 Å². The molecule has 1 amide bonds. The first-order chi connectivity index (χ1) is 12.2. The van der Waals surface area contributed by atoms with E-state index in [2.05, 4.69) is 15.4 Å². The predicted molar refractivity (Wildman–Crippen MR) is 97.6 cm³/mol. The molecule has 0 radical (unpaired) electrons. The molecule has 1 aliphatic rings. The SMILES string of the molecule is CC(C)c1nn(CC(=O)N[C@H]2C[C@@](C)(O)C2)c(=O)cc1-c1ccccn1. The lowest BCUT2D eigenvalue weighted by molar-refractivity contribution is -0.125. The smallest absolute Gasteiger partial charge is 0.267 e. The second-order valence-electron chi connectivity index (χ2n) is 7.48. The molecule has 7 heteroatoms. The lowest BCUT2D eigenvalue weighted by Crippen LogP contribution is -2.54. The second-order valence-corrected chi connectivity index (χ2v) is 7.48. The van der Waals surface area contributed by atoms with E-state index in [1.165, 1.54) is 10.7 Å². The van der Waals surface area contributed by atoms with E-state index in [4.69, 9.17) is 0 Å². The standard InChI is InChI=1S/C19H24N4O3/c1-12(2)18-14(15-6-4-5-7-20-15)8-17(25)23(22-18)11-16(24)21-13-9-19(3,26)10-13/h4-8,12-13,26H,9-11H2,1-3H3,(H,21,24)/t13-,19+. The minimum Gasteiger partial charge on any atom is -0.390 e. The summed E-state index contributed by atoms with van der Waals surface area (Å²) in [4.78, 5) is 29.0. The van der Waals surface area contributed by atoms with Gasteiger partial charge in [0.1, 0.15) is 6.54 Å². The maximum absolute atomic E-state index is 12.4. The van der Waals surface area contributed by atoms with Crippen LogP contribution in [0.3, 0.4) is 0 Å². The fraction of sp³-hybridized carbons (Fsp3) is 0.474. The average Bonchev–Trinajstić information content (AvgIpc) is 2.55. The Bertz CT molecular complexity index is 851. The molecule has 0 spiro atoms. The second kappa shape index (κ2) is 6.99. The van der Waals surface area contributed by atoms with Crippen molar-refractivity contribution in [1.29, 1.82) is 0 Å². The Morgan fingerprint density at radius 1 is 1.42 bits per heavy atom. The first kappa shape index (κ1) is 18.3. The van der Waals surface area contributed by atoms with Gasteiger partial charge in [-0.25, -0.2) is 4.68 Å². The van der Waals surface area contributed by atoms with Gasteiger partial charge in [-0.3, -0.25) is 14.6 Å². The molecule has 2 heterocycles. The lowest BCUT2D eigenvalue weighted by atomic mass is 9.77. The average molecular weight is 356 g/mol. The summed E-state index contributed by atoms with van der Waals surface area (Å²) in [5, 5.41) is 17.0. The first-order valence-electron chi connectivity index (χ1n) is 8.80. The zero-order valence-electron chi connectivity index (χ0n) is 15.3. The number of hydrogen-bond acceptors (Lipinski definition) is 5. The third kappa shape index (κ3) is 3.99. The fourth-order valence-corrected chi connectivity index (χ4v) is 3.29. The number of carbonyl (C=O) groups excluding carboxylic acids is 1. The summed E-state index contributed by atoms with van der Waals surface area (Å²) in [5.74, 6) is -0.205. The van der Waals surface area contributed by atoms with Gasteiger partial charge in [0, 0.05) is 23.9 Å². The van der Waals surface area contributed by atoms with Crippen LogP contribution in [-0.2, 0) is 11.3 Å². The van der Waals surface area contributed by atoms with Gasteiger partial charge in [0.25, 0.3) is 5.56 Å². The zero-order valence-corrected chi connectivity index (χ0v) is 15.3. The molecule has 0 bridgehead atoms. The van der Waals surface area contributed by atoms with Crippen molar-refractivity contribution in [2.45, 2.75) is 57.7 Å². The van der Waals surface area contributed by atoms with Gasteiger partial charge >= 0.3 is 0 Å². The number of amides is 1. The van der Waals surface area contributed by atoms with Crippen LogP contribution in [0.5, 0.6) is 0 Å². The number of aliphatic hydroxyl groups is 1. The highest BCUT2D eigenvalue weighted by atomic mass is 16.3. The molecule has 0 saturated heterocycles. The summed E-state index contributed by atoms with van der Waals surface area (Å²) >= 11 is 0. The van der Waals surface area contributed by atoms with E-state index in [9.17, 15) is 14.7 Å². The normalized spacial score (nSPS) is 22.1. The molecule has 1 saturated carbocycles. The Hall–Kier alpha value is -2.54. The van der Waals surface area contributed by atoms with Crippen LogP contribution in [0, 0.1) is 0 Å². The first-order valence-corrected chi connectivity index (χ1v) is 8.80. The summed E-state index contributed by atoms with van der Waals surface area (Å²) < 4.78 is 1.19. The number of rotatable bonds is 5. The molecule has 138 valence electrons. The summed E-state index contributed by atoms with van der Waals surface area (Å²) in [6.07, 6.45) is 2.72. The van der Waals surface area contributed by atoms with Crippen LogP contribution in [0.1, 0.15) is 45.2 Å². The van der Waals surface area contributed by atoms with Gasteiger partial charge in [-0.05, 0) is 37.8 Å². The van der Waals surface area contributed by atoms with Crippen LogP contribution >= 0.6 is 0 Å². The maximum Gasteiger partial charge on any atom is 0.267 e. The van der Waals surface area contributed by atoms with E-state index in [0.29, 0.717) is 24.1 Å². The molecule has 3 rings (SSSR count). The molecule has 7 nitrogen and oxygen atoms in total. The maximum atomic E-state index is 12.4. The van der Waals surface area contributed by atoms with Crippen molar-refractivity contribution in [2.24, 2.45) is 0 Å². The van der Waals surface area contributed by atoms with Crippen LogP contribution < -0.4 is 10.9 Å². The Morgan fingerprint density at radius 2 is 2.15 bits per heavy atom. The molecule has 2 N–H and O–H groups in total. The summed E-state index contributed by atoms with van der Waals surface area (Å²) in [7, 11) is 0. The van der Waals surface area contributed by atoms with Gasteiger partial charge < -0.3 is 10.4 Å². The Balaban J connectivity index is 1.81. The monoisotopic (exact) mass is 356 g/mol. The van der Waals surface area contributed by atoms with Crippen molar-refractivity contribution >= 4 is 5.91 Å². The number of hydrogen-bond donors (Lipinski definition) is 2. The third-order valence-corrected chi connectivity index (χ3v) is 4.55. The summed E-state index contributed by atoms with van der Waals surface area (Å²) in [6.45, 7) is 5.58. The topological polar surface area (TPSA) is 97.1 Å². The Kier molecular flexibility index (Phi) is 4.91. The van der Waals surface area contributed by atoms with Gasteiger partial charge in [0.05, 0.1) is 17.0 Å². The zero-order chi connectivity index (χ0) is 18.9. The van der Waals surface area contributed by atoms with Crippen molar-refractivity contribution in [3.63, 3.8) is 0 Å². The van der Waals surface area contributed by atoms with Gasteiger partial charge in [-0.1, -0.05) is 19.9 Å². The molecule has 1 aliphatic carbocycles. The van der Waals surface area contributed by atoms with Gasteiger partial charge in [-0.15, -0.1) is 0 Å². The van der Waals surface area contributed by atoms with Crippen LogP contribution in [0.15, 0.2) is 35.3 Å². The molecular weight excluding hydrogens is 332 g/mol. The Morgan fingerprint density at radius 3 is 2.73 bits per heavy atom. The lowest BCUT2D eigenvalue weighted by Gasteiger charge is -2.41. The minimum absolute atomic E-state index is 0.0504. The van der Waals surface area contributed by atoms with Gasteiger partial charge in [-0.2, -0.15) is 5.10 Å². The molecule has 2 aromatic rings. The molecule has 0 unspecified atom stereocenters. The van der Waals surface area contributed by atoms with Gasteiger partial charge in [0.2, 0.25) is 5.91 Å². The largest absolute Gasteiger partial charge is 0.390 e. The molecule has 2 aromatic heterocycles. The third-order valence-electron chi connectivity index (χ3n) is 4.55. The molecular formula is C19H24N4O3. The Labute approximate surface area is 152 Å². The van der Waals surface area contributed by atoms with Crippen molar-refractivity contribution < 1.29 is 9.90 Å². The van der Waals surface area contributed by atoms with E-state index >= 15 is 0 Å². The van der Waals surface area contributed by atoms with E-state index < -0.39 is 5.60 Å². The van der Waals surface area contributed by atoms with Crippen LogP contribution in [0.4, 0.5) is 0 Å². The molecule has 26 heavy (non-hydrogen) atoms. The molecule has 0 atom stereocenters. The number of nitrogens with one attached hydrogen (secondary N) is 1. The van der Waals surface area contributed by atoms with Gasteiger partial charge in [0.15, 0.2) is 0 Å². The highest BCUT2D eigenvalue weighted by Gasteiger charge is 2.39. The fourth-order valence-electron chi connectivity index (χ4n) is 3.29. The quantitative estimate of drug-likeness (QED) is 0.845. The van der Waals surface area contributed by atoms with Crippen LogP contribution in [0.2, 0.25) is 0 Å². The van der Waals surface area contributed by atoms with Crippen molar-refractivity contribution in [3.05, 3.63) is 46.5 Å². The number of aromatic nitrogens is 3. The van der Waals surface area contributed by atoms with E-state index in [-0.39, 0.29) is 30.0 Å². The van der Waals surface area contributed by atoms with Crippen LogP contribution in [0.25, 0.3) is 11.3 Å². The highest BCUT2D eigenvalue weighted by Crippen LogP contribution is 2.31. The molecule has 1 fully saturated rings. The summed E-state index contributed by atoms with van der Waals surface area (Å²) in [6, 6.07) is 6.95. The van der Waals surface area contributed by atoms with Crippen molar-refractivity contribution in [3.8, 4) is 11.3 Å². The summed E-state index contributed by atoms with van der Waals surface area (Å²) in [5.41, 5.74) is 1.06. The van der Waals surface area contributed by atoms with E-state index in [0.717, 1.165) is 5.69 Å². The molecule has 0 aliphatic heterocycles. The van der Waals surface area contributed by atoms with Crippen LogP contribution in [-0.4, -0.2) is 37.4 Å². The number of carbonyl (C=O) groups is 1. The van der Waals surface area contributed by atoms with Crippen molar-refractivity contribution in [2.75, 3.05) is 0 Å². The molecule has 0 aromatic carbocycles. The minimum atomic E-state index is -0.706. The van der Waals surface area contributed by atoms with E-state index in [1.807, 2.05) is 32.0 Å².